The quantitative estimate of drug-likeness (QED) is 0.744. The summed E-state index contributed by atoms with van der Waals surface area (Å²) in [6.45, 7) is 2.65. The zero-order valence-corrected chi connectivity index (χ0v) is 13.7. The molecule has 1 heterocycles. The highest BCUT2D eigenvalue weighted by Gasteiger charge is 2.09. The van der Waals surface area contributed by atoms with Crippen LogP contribution in [0.2, 0.25) is 0 Å². The van der Waals surface area contributed by atoms with Crippen molar-refractivity contribution in [3.05, 3.63) is 83.3 Å². The van der Waals surface area contributed by atoms with Crippen molar-refractivity contribution in [1.29, 1.82) is 0 Å². The molecule has 1 amide bonds. The summed E-state index contributed by atoms with van der Waals surface area (Å²) >= 11 is 0. The van der Waals surface area contributed by atoms with Gasteiger partial charge in [0, 0.05) is 12.2 Å². The molecule has 1 aromatic heterocycles. The molecule has 0 saturated carbocycles. The van der Waals surface area contributed by atoms with Crippen molar-refractivity contribution in [3.63, 3.8) is 0 Å². The van der Waals surface area contributed by atoms with Crippen molar-refractivity contribution >= 4 is 17.4 Å². The van der Waals surface area contributed by atoms with E-state index >= 15 is 0 Å². The Kier molecular flexibility index (Phi) is 4.99. The summed E-state index contributed by atoms with van der Waals surface area (Å²) in [6.07, 6.45) is 0. The Balaban J connectivity index is 1.60. The van der Waals surface area contributed by atoms with Crippen LogP contribution in [0.1, 0.15) is 21.6 Å². The minimum Gasteiger partial charge on any atom is -0.365 e. The molecule has 0 aliphatic heterocycles. The number of amides is 1. The molecular formula is C19H17FN4O. The molecule has 0 unspecified atom stereocenters. The Morgan fingerprint density at radius 3 is 2.60 bits per heavy atom. The molecule has 25 heavy (non-hydrogen) atoms. The Morgan fingerprint density at radius 2 is 1.88 bits per heavy atom. The zero-order valence-electron chi connectivity index (χ0n) is 13.7. The zero-order chi connectivity index (χ0) is 17.6. The van der Waals surface area contributed by atoms with Gasteiger partial charge in [-0.1, -0.05) is 35.9 Å². The van der Waals surface area contributed by atoms with E-state index in [1.807, 2.05) is 25.1 Å². The Morgan fingerprint density at radius 1 is 1.04 bits per heavy atom. The van der Waals surface area contributed by atoms with E-state index in [1.165, 1.54) is 23.8 Å². The summed E-state index contributed by atoms with van der Waals surface area (Å²) in [5.41, 5.74) is 2.85. The molecule has 2 aromatic carbocycles. The van der Waals surface area contributed by atoms with Crippen molar-refractivity contribution in [1.82, 2.24) is 10.2 Å². The first-order valence-electron chi connectivity index (χ1n) is 7.80. The molecule has 2 N–H and O–H groups in total. The Hall–Kier alpha value is -3.28. The third kappa shape index (κ3) is 4.60. The van der Waals surface area contributed by atoms with Crippen molar-refractivity contribution in [2.24, 2.45) is 0 Å². The second-order valence-electron chi connectivity index (χ2n) is 5.61. The number of aromatic nitrogens is 2. The SMILES string of the molecule is Cc1cccc(CNc2ccc(C(=O)Nc3cccc(F)c3)nn2)c1. The first-order valence-corrected chi connectivity index (χ1v) is 7.80. The molecule has 6 heteroatoms. The molecule has 3 rings (SSSR count). The maximum atomic E-state index is 13.1. The summed E-state index contributed by atoms with van der Waals surface area (Å²) in [6, 6.07) is 17.1. The fourth-order valence-electron chi connectivity index (χ4n) is 2.32. The largest absolute Gasteiger partial charge is 0.365 e. The van der Waals surface area contributed by atoms with Gasteiger partial charge in [0.2, 0.25) is 0 Å². The van der Waals surface area contributed by atoms with E-state index in [1.54, 1.807) is 18.2 Å². The van der Waals surface area contributed by atoms with Gasteiger partial charge in [0.05, 0.1) is 0 Å². The highest BCUT2D eigenvalue weighted by atomic mass is 19.1. The number of halogens is 1. The lowest BCUT2D eigenvalue weighted by molar-refractivity contribution is 0.102. The third-order valence-corrected chi connectivity index (χ3v) is 3.54. The van der Waals surface area contributed by atoms with Crippen LogP contribution in [0.3, 0.4) is 0 Å². The van der Waals surface area contributed by atoms with Gasteiger partial charge in [-0.05, 0) is 42.8 Å². The molecule has 3 aromatic rings. The molecule has 0 saturated heterocycles. The maximum Gasteiger partial charge on any atom is 0.276 e. The van der Waals surface area contributed by atoms with Gasteiger partial charge >= 0.3 is 0 Å². The van der Waals surface area contributed by atoms with Crippen LogP contribution < -0.4 is 10.6 Å². The molecule has 0 spiro atoms. The smallest absolute Gasteiger partial charge is 0.276 e. The molecule has 0 aliphatic rings. The fourth-order valence-corrected chi connectivity index (χ4v) is 2.32. The van der Waals surface area contributed by atoms with Gasteiger partial charge in [0.15, 0.2) is 5.69 Å². The lowest BCUT2D eigenvalue weighted by Crippen LogP contribution is -2.15. The molecule has 0 fully saturated rings. The van der Waals surface area contributed by atoms with Crippen molar-refractivity contribution < 1.29 is 9.18 Å². The van der Waals surface area contributed by atoms with Gasteiger partial charge in [-0.3, -0.25) is 4.79 Å². The van der Waals surface area contributed by atoms with E-state index in [4.69, 9.17) is 0 Å². The number of anilines is 2. The van der Waals surface area contributed by atoms with E-state index in [2.05, 4.69) is 26.9 Å². The van der Waals surface area contributed by atoms with E-state index in [0.29, 0.717) is 18.1 Å². The van der Waals surface area contributed by atoms with Gasteiger partial charge in [0.25, 0.3) is 5.91 Å². The normalized spacial score (nSPS) is 10.3. The summed E-state index contributed by atoms with van der Waals surface area (Å²) in [7, 11) is 0. The summed E-state index contributed by atoms with van der Waals surface area (Å²) < 4.78 is 13.1. The number of carbonyl (C=O) groups is 1. The first-order chi connectivity index (χ1) is 12.1. The molecule has 5 nitrogen and oxygen atoms in total. The number of aryl methyl sites for hydroxylation is 1. The molecule has 0 aliphatic carbocycles. The molecule has 0 radical (unpaired) electrons. The number of hydrogen-bond acceptors (Lipinski definition) is 4. The third-order valence-electron chi connectivity index (χ3n) is 3.54. The van der Waals surface area contributed by atoms with E-state index < -0.39 is 11.7 Å². The number of hydrogen-bond donors (Lipinski definition) is 2. The van der Waals surface area contributed by atoms with Crippen LogP contribution in [-0.4, -0.2) is 16.1 Å². The van der Waals surface area contributed by atoms with Gasteiger partial charge in [-0.25, -0.2) is 4.39 Å². The van der Waals surface area contributed by atoms with Crippen LogP contribution in [0.25, 0.3) is 0 Å². The van der Waals surface area contributed by atoms with Gasteiger partial charge in [-0.15, -0.1) is 10.2 Å². The van der Waals surface area contributed by atoms with Crippen molar-refractivity contribution in [2.45, 2.75) is 13.5 Å². The molecule has 126 valence electrons. The minimum atomic E-state index is -0.441. The predicted molar refractivity (Wildman–Crippen MR) is 94.9 cm³/mol. The highest BCUT2D eigenvalue weighted by Crippen LogP contribution is 2.11. The minimum absolute atomic E-state index is 0.158. The average Bonchev–Trinajstić information content (AvgIpc) is 2.60. The standard InChI is InChI=1S/C19H17FN4O/c1-13-4-2-5-14(10-13)12-21-18-9-8-17(23-24-18)19(25)22-16-7-3-6-15(20)11-16/h2-11H,12H2,1H3,(H,21,24)(H,22,25). The molecule has 0 atom stereocenters. The van der Waals surface area contributed by atoms with Gasteiger partial charge in [0.1, 0.15) is 11.6 Å². The number of nitrogens with one attached hydrogen (secondary N) is 2. The molecular weight excluding hydrogens is 319 g/mol. The number of rotatable bonds is 5. The summed E-state index contributed by atoms with van der Waals surface area (Å²) in [5.74, 6) is -0.285. The predicted octanol–water partition coefficient (Wildman–Crippen LogP) is 3.79. The number of nitrogens with zero attached hydrogens (tertiary/aromatic N) is 2. The van der Waals surface area contributed by atoms with Crippen LogP contribution in [0.4, 0.5) is 15.9 Å². The van der Waals surface area contributed by atoms with Crippen LogP contribution in [-0.2, 0) is 6.54 Å². The van der Waals surface area contributed by atoms with Gasteiger partial charge < -0.3 is 10.6 Å². The van der Waals surface area contributed by atoms with Crippen LogP contribution in [0.15, 0.2) is 60.7 Å². The van der Waals surface area contributed by atoms with Crippen LogP contribution in [0, 0.1) is 12.7 Å². The highest BCUT2D eigenvalue weighted by molar-refractivity contribution is 6.02. The lowest BCUT2D eigenvalue weighted by atomic mass is 10.1. The second kappa shape index (κ2) is 7.53. The van der Waals surface area contributed by atoms with Crippen molar-refractivity contribution in [2.75, 3.05) is 10.6 Å². The van der Waals surface area contributed by atoms with Crippen molar-refractivity contribution in [3.8, 4) is 0 Å². The van der Waals surface area contributed by atoms with Gasteiger partial charge in [-0.2, -0.15) is 0 Å². The summed E-state index contributed by atoms with van der Waals surface area (Å²) in [5, 5.41) is 13.6. The number of carbonyl (C=O) groups excluding carboxylic acids is 1. The fraction of sp³-hybridized carbons (Fsp3) is 0.105. The lowest BCUT2D eigenvalue weighted by Gasteiger charge is -2.07. The average molecular weight is 336 g/mol. The topological polar surface area (TPSA) is 66.9 Å². The van der Waals surface area contributed by atoms with E-state index in [0.717, 1.165) is 5.56 Å². The Labute approximate surface area is 144 Å². The summed E-state index contributed by atoms with van der Waals surface area (Å²) in [4.78, 5) is 12.1. The second-order valence-corrected chi connectivity index (χ2v) is 5.61. The maximum absolute atomic E-state index is 13.1. The van der Waals surface area contributed by atoms with E-state index in [9.17, 15) is 9.18 Å². The van der Waals surface area contributed by atoms with Crippen LogP contribution in [0.5, 0.6) is 0 Å². The first kappa shape index (κ1) is 16.6. The molecule has 0 bridgehead atoms. The Bertz CT molecular complexity index is 881. The van der Waals surface area contributed by atoms with E-state index in [-0.39, 0.29) is 5.69 Å². The van der Waals surface area contributed by atoms with Crippen LogP contribution >= 0.6 is 0 Å². The number of benzene rings is 2. The monoisotopic (exact) mass is 336 g/mol.